The van der Waals surface area contributed by atoms with Gasteiger partial charge in [-0.3, -0.25) is 0 Å². The van der Waals surface area contributed by atoms with Crippen molar-refractivity contribution in [1.82, 2.24) is 10.2 Å². The lowest BCUT2D eigenvalue weighted by Gasteiger charge is -2.28. The minimum atomic E-state index is -0.264. The number of nitrogens with two attached hydrogens (primary N) is 1. The molecule has 1 heterocycles. The molecule has 174 valence electrons. The fraction of sp³-hybridized carbons (Fsp3) is 0.276. The van der Waals surface area contributed by atoms with Crippen molar-refractivity contribution in [1.29, 1.82) is 0 Å². The van der Waals surface area contributed by atoms with E-state index in [1.807, 2.05) is 31.9 Å². The van der Waals surface area contributed by atoms with E-state index < -0.39 is 0 Å². The molecular formula is C29H38N4. The van der Waals surface area contributed by atoms with Gasteiger partial charge in [-0.15, -0.1) is 6.42 Å². The van der Waals surface area contributed by atoms with Crippen LogP contribution in [0.3, 0.4) is 0 Å². The molecule has 4 heteroatoms. The van der Waals surface area contributed by atoms with Crippen LogP contribution in [0.25, 0.3) is 5.57 Å². The van der Waals surface area contributed by atoms with Gasteiger partial charge in [0.05, 0.1) is 17.5 Å². The standard InChI is InChI=1S/C23H29N3.C6H9N/c1-9-16(4)20-10-12-21(13-11-20)17(5)24-18(6)22-14-23(15(2)3)26(8)19(7)25-22;1-4-6(7)5(2)3/h10-14,17,24H,2,4,6-7,9H2,1,3,5,8H3;1,6H,2,7H2,3H3. The van der Waals surface area contributed by atoms with Gasteiger partial charge in [-0.1, -0.05) is 75.6 Å². The highest BCUT2D eigenvalue weighted by atomic mass is 15.2. The Balaban J connectivity index is 0.000000675. The highest BCUT2D eigenvalue weighted by Gasteiger charge is 2.18. The van der Waals surface area contributed by atoms with E-state index in [1.165, 1.54) is 11.1 Å². The Morgan fingerprint density at radius 3 is 2.18 bits per heavy atom. The number of benzene rings is 1. The summed E-state index contributed by atoms with van der Waals surface area (Å²) in [7, 11) is 1.94. The predicted octanol–water partition coefficient (Wildman–Crippen LogP) is 6.11. The molecule has 0 aromatic heterocycles. The smallest absolute Gasteiger partial charge is 0.126 e. The first-order chi connectivity index (χ1) is 15.4. The maximum absolute atomic E-state index is 5.28. The number of terminal acetylenes is 1. The normalized spacial score (nSPS) is 14.5. The van der Waals surface area contributed by atoms with E-state index in [4.69, 9.17) is 12.2 Å². The molecule has 1 aromatic rings. The van der Waals surface area contributed by atoms with Gasteiger partial charge in [-0.25, -0.2) is 4.99 Å². The van der Waals surface area contributed by atoms with Crippen LogP contribution in [0.2, 0.25) is 0 Å². The van der Waals surface area contributed by atoms with E-state index in [0.29, 0.717) is 5.82 Å². The van der Waals surface area contributed by atoms with E-state index >= 15 is 0 Å². The van der Waals surface area contributed by atoms with Crippen LogP contribution in [-0.2, 0) is 0 Å². The van der Waals surface area contributed by atoms with Gasteiger partial charge in [0.15, 0.2) is 0 Å². The number of aliphatic imine (C=N–C) groups is 1. The number of nitrogens with zero attached hydrogens (tertiary/aromatic N) is 2. The van der Waals surface area contributed by atoms with Gasteiger partial charge in [0.2, 0.25) is 0 Å². The molecule has 33 heavy (non-hydrogen) atoms. The van der Waals surface area contributed by atoms with Crippen LogP contribution in [0.5, 0.6) is 0 Å². The van der Waals surface area contributed by atoms with Crippen LogP contribution in [0.4, 0.5) is 0 Å². The molecule has 3 N–H and O–H groups in total. The molecule has 0 saturated carbocycles. The number of nitrogens with one attached hydrogen (secondary N) is 1. The van der Waals surface area contributed by atoms with Gasteiger partial charge in [-0.05, 0) is 55.5 Å². The molecule has 0 spiro atoms. The lowest BCUT2D eigenvalue weighted by molar-refractivity contribution is 0.520. The Labute approximate surface area is 200 Å². The van der Waals surface area contributed by atoms with Crippen molar-refractivity contribution in [3.8, 4) is 12.3 Å². The second-order valence-electron chi connectivity index (χ2n) is 8.20. The fourth-order valence-electron chi connectivity index (χ4n) is 2.95. The van der Waals surface area contributed by atoms with E-state index in [1.54, 1.807) is 0 Å². The average molecular weight is 443 g/mol. The SMILES string of the molecule is C#CC(N)C(=C)C.C=C(C)C1=CC(C(=C)NC(C)c2ccc(C(=C)CC)cc2)=NC(=C)N1C. The van der Waals surface area contributed by atoms with Crippen molar-refractivity contribution in [3.63, 3.8) is 0 Å². The highest BCUT2D eigenvalue weighted by Crippen LogP contribution is 2.24. The molecule has 0 aliphatic carbocycles. The van der Waals surface area contributed by atoms with Crippen molar-refractivity contribution in [3.05, 3.63) is 103 Å². The molecule has 0 fully saturated rings. The van der Waals surface area contributed by atoms with Gasteiger partial charge in [0, 0.05) is 18.8 Å². The minimum absolute atomic E-state index is 0.115. The number of likely N-dealkylation sites (N-methyl/N-ethyl adjacent to an activating group) is 1. The molecule has 2 rings (SSSR count). The summed E-state index contributed by atoms with van der Waals surface area (Å²) >= 11 is 0. The van der Waals surface area contributed by atoms with Crippen LogP contribution >= 0.6 is 0 Å². The summed E-state index contributed by atoms with van der Waals surface area (Å²) in [4.78, 5) is 6.48. The van der Waals surface area contributed by atoms with Crippen LogP contribution < -0.4 is 11.1 Å². The Bertz CT molecular complexity index is 1030. The monoisotopic (exact) mass is 442 g/mol. The van der Waals surface area contributed by atoms with Crippen LogP contribution in [-0.4, -0.2) is 23.7 Å². The first-order valence-electron chi connectivity index (χ1n) is 10.9. The summed E-state index contributed by atoms with van der Waals surface area (Å²) in [5.41, 5.74) is 13.2. The summed E-state index contributed by atoms with van der Waals surface area (Å²) in [6, 6.07) is 8.35. The molecule has 0 radical (unpaired) electrons. The van der Waals surface area contributed by atoms with Crippen molar-refractivity contribution >= 4 is 11.3 Å². The van der Waals surface area contributed by atoms with Crippen LogP contribution in [0.15, 0.2) is 96.6 Å². The summed E-state index contributed by atoms with van der Waals surface area (Å²) in [5, 5.41) is 3.44. The minimum Gasteiger partial charge on any atom is -0.377 e. The lowest BCUT2D eigenvalue weighted by atomic mass is 10.0. The van der Waals surface area contributed by atoms with Crippen molar-refractivity contribution in [2.24, 2.45) is 10.7 Å². The molecule has 1 aromatic carbocycles. The van der Waals surface area contributed by atoms with E-state index in [0.717, 1.165) is 40.2 Å². The molecule has 1 aliphatic heterocycles. The number of hydrogen-bond acceptors (Lipinski definition) is 4. The van der Waals surface area contributed by atoms with E-state index in [-0.39, 0.29) is 12.1 Å². The second kappa shape index (κ2) is 12.5. The first kappa shape index (κ1) is 27.5. The third-order valence-corrected chi connectivity index (χ3v) is 5.36. The zero-order valence-corrected chi connectivity index (χ0v) is 20.8. The molecule has 2 atom stereocenters. The quantitative estimate of drug-likeness (QED) is 0.377. The largest absolute Gasteiger partial charge is 0.377 e. The average Bonchev–Trinajstić information content (AvgIpc) is 2.79. The van der Waals surface area contributed by atoms with Crippen LogP contribution in [0, 0.1) is 12.3 Å². The van der Waals surface area contributed by atoms with Gasteiger partial charge in [-0.2, -0.15) is 0 Å². The third kappa shape index (κ3) is 7.82. The maximum atomic E-state index is 5.28. The van der Waals surface area contributed by atoms with Crippen LogP contribution in [0.1, 0.15) is 51.3 Å². The summed E-state index contributed by atoms with van der Waals surface area (Å²) in [6.07, 6.45) is 7.89. The highest BCUT2D eigenvalue weighted by molar-refractivity contribution is 6.09. The maximum Gasteiger partial charge on any atom is 0.126 e. The first-order valence-corrected chi connectivity index (χ1v) is 10.9. The summed E-state index contributed by atoms with van der Waals surface area (Å²) < 4.78 is 0. The number of allylic oxidation sites excluding steroid dienone is 3. The Morgan fingerprint density at radius 1 is 1.18 bits per heavy atom. The molecule has 4 nitrogen and oxygen atoms in total. The zero-order valence-electron chi connectivity index (χ0n) is 20.8. The third-order valence-electron chi connectivity index (χ3n) is 5.36. The Kier molecular flexibility index (Phi) is 10.4. The predicted molar refractivity (Wildman–Crippen MR) is 145 cm³/mol. The number of hydrogen-bond donors (Lipinski definition) is 2. The molecular weight excluding hydrogens is 404 g/mol. The van der Waals surface area contributed by atoms with Crippen molar-refractivity contribution in [2.45, 2.75) is 46.2 Å². The van der Waals surface area contributed by atoms with E-state index in [2.05, 4.69) is 87.2 Å². The molecule has 0 bridgehead atoms. The van der Waals surface area contributed by atoms with Gasteiger partial charge in [0.1, 0.15) is 5.82 Å². The zero-order chi connectivity index (χ0) is 25.3. The van der Waals surface area contributed by atoms with E-state index in [9.17, 15) is 0 Å². The second-order valence-corrected chi connectivity index (χ2v) is 8.20. The number of rotatable bonds is 8. The van der Waals surface area contributed by atoms with Gasteiger partial charge in [0.25, 0.3) is 0 Å². The molecule has 2 unspecified atom stereocenters. The molecule has 0 amide bonds. The topological polar surface area (TPSA) is 53.6 Å². The van der Waals surface area contributed by atoms with Crippen molar-refractivity contribution in [2.75, 3.05) is 7.05 Å². The Hall–Kier alpha value is -3.55. The van der Waals surface area contributed by atoms with Crippen molar-refractivity contribution < 1.29 is 0 Å². The molecule has 0 saturated heterocycles. The summed E-state index contributed by atoms with van der Waals surface area (Å²) in [5.74, 6) is 3.02. The lowest BCUT2D eigenvalue weighted by Crippen LogP contribution is -2.27. The van der Waals surface area contributed by atoms with Gasteiger partial charge < -0.3 is 16.0 Å². The molecule has 1 aliphatic rings. The Morgan fingerprint density at radius 2 is 1.76 bits per heavy atom. The van der Waals surface area contributed by atoms with Gasteiger partial charge >= 0.3 is 0 Å². The summed E-state index contributed by atoms with van der Waals surface area (Å²) in [6.45, 7) is 27.9. The fourth-order valence-corrected chi connectivity index (χ4v) is 2.95.